The van der Waals surface area contributed by atoms with Gasteiger partial charge in [-0.05, 0) is 43.4 Å². The molecule has 0 bridgehead atoms. The lowest BCUT2D eigenvalue weighted by atomic mass is 9.79. The summed E-state index contributed by atoms with van der Waals surface area (Å²) in [4.78, 5) is 28.2. The average Bonchev–Trinajstić information content (AvgIpc) is 2.81. The molecule has 0 radical (unpaired) electrons. The van der Waals surface area contributed by atoms with Gasteiger partial charge in [-0.1, -0.05) is 37.5 Å². The second-order valence-corrected chi connectivity index (χ2v) is 9.26. The molecule has 1 aliphatic heterocycles. The van der Waals surface area contributed by atoms with Gasteiger partial charge in [-0.3, -0.25) is 14.5 Å². The minimum absolute atomic E-state index is 0.0190. The number of hydrogen-bond acceptors (Lipinski definition) is 5. The molecule has 1 saturated heterocycles. The Hall–Kier alpha value is -1.57. The minimum Gasteiger partial charge on any atom is -0.379 e. The number of hydrogen-bond donors (Lipinski definition) is 2. The Morgan fingerprint density at radius 3 is 2.50 bits per heavy atom. The fraction of sp³-hybridized carbons (Fsp3) is 0.652. The maximum Gasteiger partial charge on any atom is 0.251 e. The van der Waals surface area contributed by atoms with Gasteiger partial charge in [0, 0.05) is 30.7 Å². The van der Waals surface area contributed by atoms with Crippen molar-refractivity contribution < 1.29 is 14.3 Å². The molecule has 2 N–H and O–H groups in total. The quantitative estimate of drug-likeness (QED) is 0.627. The second kappa shape index (κ2) is 11.7. The minimum atomic E-state index is -0.518. The van der Waals surface area contributed by atoms with E-state index in [4.69, 9.17) is 4.74 Å². The van der Waals surface area contributed by atoms with Crippen molar-refractivity contribution in [3.8, 4) is 0 Å². The monoisotopic (exact) mass is 433 g/mol. The summed E-state index contributed by atoms with van der Waals surface area (Å²) in [5.74, 6) is 0.547. The van der Waals surface area contributed by atoms with Crippen LogP contribution in [-0.2, 0) is 9.53 Å². The molecule has 2 aliphatic rings. The molecule has 1 aliphatic carbocycles. The van der Waals surface area contributed by atoms with Gasteiger partial charge < -0.3 is 15.4 Å². The molecular weight excluding hydrogens is 398 g/mol. The molecule has 1 atom stereocenters. The van der Waals surface area contributed by atoms with Crippen LogP contribution in [0.4, 0.5) is 0 Å². The van der Waals surface area contributed by atoms with Gasteiger partial charge >= 0.3 is 0 Å². The lowest BCUT2D eigenvalue weighted by molar-refractivity contribution is -0.124. The summed E-state index contributed by atoms with van der Waals surface area (Å²) in [6.45, 7) is 4.02. The molecule has 166 valence electrons. The summed E-state index contributed by atoms with van der Waals surface area (Å²) in [6, 6.07) is 8.57. The molecule has 1 aromatic rings. The highest BCUT2D eigenvalue weighted by Gasteiger charge is 2.39. The highest BCUT2D eigenvalue weighted by Crippen LogP contribution is 2.33. The average molecular weight is 434 g/mol. The molecule has 0 unspecified atom stereocenters. The first-order valence-corrected chi connectivity index (χ1v) is 12.5. The van der Waals surface area contributed by atoms with E-state index >= 15 is 0 Å². The van der Waals surface area contributed by atoms with E-state index in [0.717, 1.165) is 44.9 Å². The van der Waals surface area contributed by atoms with Crippen LogP contribution in [-0.4, -0.2) is 73.2 Å². The highest BCUT2D eigenvalue weighted by molar-refractivity contribution is 7.98. The number of morpholine rings is 1. The number of rotatable bonds is 9. The van der Waals surface area contributed by atoms with Crippen molar-refractivity contribution in [2.24, 2.45) is 0 Å². The van der Waals surface area contributed by atoms with E-state index in [2.05, 4.69) is 15.5 Å². The van der Waals surface area contributed by atoms with Crippen LogP contribution < -0.4 is 10.6 Å². The number of benzene rings is 1. The lowest BCUT2D eigenvalue weighted by Crippen LogP contribution is -2.61. The van der Waals surface area contributed by atoms with Gasteiger partial charge in [0.15, 0.2) is 0 Å². The topological polar surface area (TPSA) is 70.7 Å². The predicted octanol–water partition coefficient (Wildman–Crippen LogP) is 2.69. The zero-order chi connectivity index (χ0) is 21.2. The van der Waals surface area contributed by atoms with Crippen LogP contribution >= 0.6 is 11.8 Å². The highest BCUT2D eigenvalue weighted by atomic mass is 32.2. The van der Waals surface area contributed by atoms with Crippen LogP contribution in [0.3, 0.4) is 0 Å². The van der Waals surface area contributed by atoms with E-state index in [9.17, 15) is 9.59 Å². The van der Waals surface area contributed by atoms with Gasteiger partial charge in [-0.15, -0.1) is 0 Å². The fourth-order valence-corrected chi connectivity index (χ4v) is 5.03. The Bertz CT molecular complexity index is 674. The van der Waals surface area contributed by atoms with E-state index in [1.54, 1.807) is 23.9 Å². The van der Waals surface area contributed by atoms with Gasteiger partial charge in [0.2, 0.25) is 5.91 Å². The first kappa shape index (κ1) is 23.1. The molecule has 0 aromatic heterocycles. The summed E-state index contributed by atoms with van der Waals surface area (Å²) in [5.41, 5.74) is 0.599. The summed E-state index contributed by atoms with van der Waals surface area (Å²) in [7, 11) is 0. The molecule has 2 amide bonds. The Morgan fingerprint density at radius 1 is 1.13 bits per heavy atom. The van der Waals surface area contributed by atoms with Crippen LogP contribution in [0.2, 0.25) is 0 Å². The van der Waals surface area contributed by atoms with Crippen LogP contribution in [0, 0.1) is 0 Å². The first-order chi connectivity index (χ1) is 14.6. The molecule has 3 rings (SSSR count). The van der Waals surface area contributed by atoms with Crippen LogP contribution in [0.1, 0.15) is 48.9 Å². The van der Waals surface area contributed by atoms with Crippen molar-refractivity contribution in [3.63, 3.8) is 0 Å². The lowest BCUT2D eigenvalue weighted by Gasteiger charge is -2.48. The van der Waals surface area contributed by atoms with Gasteiger partial charge in [-0.25, -0.2) is 0 Å². The maximum absolute atomic E-state index is 13.1. The SMILES string of the molecule is CSCC[C@@H](NC(=O)c1ccccc1)C(=O)NCC1(N2CCOCC2)CCCCC1. The molecular formula is C23H35N3O3S. The zero-order valence-electron chi connectivity index (χ0n) is 18.0. The van der Waals surface area contributed by atoms with Gasteiger partial charge in [0.05, 0.1) is 13.2 Å². The van der Waals surface area contributed by atoms with Crippen molar-refractivity contribution >= 4 is 23.6 Å². The van der Waals surface area contributed by atoms with Gasteiger partial charge in [0.1, 0.15) is 6.04 Å². The molecule has 0 spiro atoms. The second-order valence-electron chi connectivity index (χ2n) is 8.28. The molecule has 1 saturated carbocycles. The number of ether oxygens (including phenoxy) is 1. The molecule has 1 heterocycles. The number of amides is 2. The number of thioether (sulfide) groups is 1. The number of nitrogens with zero attached hydrogens (tertiary/aromatic N) is 1. The number of carbonyl (C=O) groups excluding carboxylic acids is 2. The number of nitrogens with one attached hydrogen (secondary N) is 2. The number of carbonyl (C=O) groups is 2. The Labute approximate surface area is 184 Å². The standard InChI is InChI=1S/C23H35N3O3S/c1-30-17-10-20(25-21(27)19-8-4-2-5-9-19)22(28)24-18-23(11-6-3-7-12-23)26-13-15-29-16-14-26/h2,4-5,8-9,20H,3,6-7,10-18H2,1H3,(H,24,28)(H,25,27)/t20-/m1/s1. The van der Waals surface area contributed by atoms with Crippen molar-refractivity contribution in [1.29, 1.82) is 0 Å². The van der Waals surface area contributed by atoms with Crippen molar-refractivity contribution in [2.75, 3.05) is 44.9 Å². The largest absolute Gasteiger partial charge is 0.379 e. The third kappa shape index (κ3) is 6.22. The van der Waals surface area contributed by atoms with E-state index < -0.39 is 6.04 Å². The van der Waals surface area contributed by atoms with E-state index in [0.29, 0.717) is 18.5 Å². The summed E-state index contributed by atoms with van der Waals surface area (Å²) >= 11 is 1.68. The van der Waals surface area contributed by atoms with E-state index in [-0.39, 0.29) is 17.4 Å². The predicted molar refractivity (Wildman–Crippen MR) is 122 cm³/mol. The summed E-state index contributed by atoms with van der Waals surface area (Å²) in [6.07, 6.45) is 8.53. The van der Waals surface area contributed by atoms with Crippen molar-refractivity contribution in [1.82, 2.24) is 15.5 Å². The van der Waals surface area contributed by atoms with Crippen LogP contribution in [0.25, 0.3) is 0 Å². The summed E-state index contributed by atoms with van der Waals surface area (Å²) in [5, 5.41) is 6.16. The Kier molecular flexibility index (Phi) is 9.03. The van der Waals surface area contributed by atoms with E-state index in [1.165, 1.54) is 19.3 Å². The molecule has 30 heavy (non-hydrogen) atoms. The molecule has 1 aromatic carbocycles. The van der Waals surface area contributed by atoms with Crippen molar-refractivity contribution in [2.45, 2.75) is 50.1 Å². The van der Waals surface area contributed by atoms with Crippen LogP contribution in [0.5, 0.6) is 0 Å². The summed E-state index contributed by atoms with van der Waals surface area (Å²) < 4.78 is 5.55. The maximum atomic E-state index is 13.1. The third-order valence-corrected chi connectivity index (χ3v) is 6.97. The normalized spacial score (nSPS) is 20.3. The van der Waals surface area contributed by atoms with Crippen molar-refractivity contribution in [3.05, 3.63) is 35.9 Å². The zero-order valence-corrected chi connectivity index (χ0v) is 18.8. The molecule has 2 fully saturated rings. The van der Waals surface area contributed by atoms with Gasteiger partial charge in [0.25, 0.3) is 5.91 Å². The fourth-order valence-electron chi connectivity index (χ4n) is 4.56. The Morgan fingerprint density at radius 2 is 1.83 bits per heavy atom. The smallest absolute Gasteiger partial charge is 0.251 e. The first-order valence-electron chi connectivity index (χ1n) is 11.1. The van der Waals surface area contributed by atoms with Crippen LogP contribution in [0.15, 0.2) is 30.3 Å². The molecule has 6 nitrogen and oxygen atoms in total. The van der Waals surface area contributed by atoms with E-state index in [1.807, 2.05) is 24.5 Å². The van der Waals surface area contributed by atoms with Gasteiger partial charge in [-0.2, -0.15) is 11.8 Å². The molecule has 7 heteroatoms. The third-order valence-electron chi connectivity index (χ3n) is 6.33. The Balaban J connectivity index is 1.63.